The van der Waals surface area contributed by atoms with Crippen LogP contribution in [0.15, 0.2) is 0 Å². The van der Waals surface area contributed by atoms with E-state index in [2.05, 4.69) is 27.1 Å². The molecular formula is C9H18BrNS. The molecule has 0 saturated heterocycles. The molecule has 0 radical (unpaired) electrons. The maximum atomic E-state index is 3.52. The van der Waals surface area contributed by atoms with E-state index in [9.17, 15) is 0 Å². The number of alkyl halides is 1. The third kappa shape index (κ3) is 3.27. The summed E-state index contributed by atoms with van der Waals surface area (Å²) in [5.74, 6) is 1.28. The lowest BCUT2D eigenvalue weighted by molar-refractivity contribution is 0.144. The molecular weight excluding hydrogens is 234 g/mol. The van der Waals surface area contributed by atoms with Gasteiger partial charge in [0.25, 0.3) is 0 Å². The largest absolute Gasteiger partial charge is 0.299 e. The summed E-state index contributed by atoms with van der Waals surface area (Å²) in [5, 5.41) is 1.12. The van der Waals surface area contributed by atoms with E-state index in [1.807, 2.05) is 11.8 Å². The van der Waals surface area contributed by atoms with Crippen LogP contribution in [0.3, 0.4) is 0 Å². The Morgan fingerprint density at radius 1 is 1.42 bits per heavy atom. The molecule has 0 spiro atoms. The summed E-state index contributed by atoms with van der Waals surface area (Å²) >= 11 is 5.47. The molecule has 0 aliphatic heterocycles. The van der Waals surface area contributed by atoms with Gasteiger partial charge in [-0.15, -0.1) is 0 Å². The molecule has 0 aromatic carbocycles. The first-order valence-electron chi connectivity index (χ1n) is 4.67. The summed E-state index contributed by atoms with van der Waals surface area (Å²) < 4.78 is 0. The maximum absolute atomic E-state index is 3.52. The highest BCUT2D eigenvalue weighted by Gasteiger charge is 2.23. The Kier molecular flexibility index (Phi) is 5.68. The van der Waals surface area contributed by atoms with E-state index in [0.29, 0.717) is 0 Å². The lowest BCUT2D eigenvalue weighted by Gasteiger charge is -2.37. The summed E-state index contributed by atoms with van der Waals surface area (Å²) in [6.07, 6.45) is 6.50. The van der Waals surface area contributed by atoms with E-state index in [-0.39, 0.29) is 0 Å². The molecule has 12 heavy (non-hydrogen) atoms. The van der Waals surface area contributed by atoms with E-state index >= 15 is 0 Å². The summed E-state index contributed by atoms with van der Waals surface area (Å²) in [6.45, 7) is 2.50. The Morgan fingerprint density at radius 3 is 2.58 bits per heavy atom. The molecule has 0 heterocycles. The number of nitrogens with zero attached hydrogens (tertiary/aromatic N) is 1. The zero-order chi connectivity index (χ0) is 8.81. The highest BCUT2D eigenvalue weighted by Crippen LogP contribution is 2.24. The molecule has 0 amide bonds. The van der Waals surface area contributed by atoms with E-state index in [0.717, 1.165) is 11.4 Å². The Morgan fingerprint density at radius 2 is 2.17 bits per heavy atom. The molecule has 0 aromatic heterocycles. The van der Waals surface area contributed by atoms with Gasteiger partial charge < -0.3 is 0 Å². The first kappa shape index (κ1) is 10.9. The van der Waals surface area contributed by atoms with Gasteiger partial charge in [-0.25, -0.2) is 0 Å². The third-order valence-corrected chi connectivity index (χ3v) is 3.49. The number of rotatable bonds is 6. The van der Waals surface area contributed by atoms with Crippen molar-refractivity contribution in [1.29, 1.82) is 0 Å². The van der Waals surface area contributed by atoms with E-state index in [1.165, 1.54) is 38.1 Å². The second-order valence-electron chi connectivity index (χ2n) is 3.30. The van der Waals surface area contributed by atoms with Crippen LogP contribution in [0.4, 0.5) is 0 Å². The van der Waals surface area contributed by atoms with Crippen LogP contribution in [-0.2, 0) is 0 Å². The number of thioether (sulfide) groups is 1. The van der Waals surface area contributed by atoms with Gasteiger partial charge >= 0.3 is 0 Å². The van der Waals surface area contributed by atoms with Crippen LogP contribution in [0, 0.1) is 0 Å². The first-order chi connectivity index (χ1) is 5.88. The Bertz CT molecular complexity index is 117. The van der Waals surface area contributed by atoms with Gasteiger partial charge in [0.15, 0.2) is 0 Å². The monoisotopic (exact) mass is 251 g/mol. The fraction of sp³-hybridized carbons (Fsp3) is 1.00. The summed E-state index contributed by atoms with van der Waals surface area (Å²) in [7, 11) is 0. The molecule has 72 valence electrons. The van der Waals surface area contributed by atoms with E-state index in [1.54, 1.807) is 0 Å². The lowest BCUT2D eigenvalue weighted by Crippen LogP contribution is -2.42. The van der Waals surface area contributed by atoms with Crippen molar-refractivity contribution in [1.82, 2.24) is 4.90 Å². The van der Waals surface area contributed by atoms with Gasteiger partial charge in [0.1, 0.15) is 0 Å². The highest BCUT2D eigenvalue weighted by molar-refractivity contribution is 9.09. The predicted octanol–water partition coefficient (Wildman–Crippen LogP) is 2.60. The van der Waals surface area contributed by atoms with Crippen LogP contribution in [-0.4, -0.2) is 41.4 Å². The molecule has 1 rings (SSSR count). The first-order valence-corrected chi connectivity index (χ1v) is 7.19. The van der Waals surface area contributed by atoms with Crippen LogP contribution in [0.25, 0.3) is 0 Å². The standard InChI is InChI=1S/C9H18BrNS/c1-12-8-7-11(6-5-10)9-3-2-4-9/h9H,2-8H2,1H3. The SMILES string of the molecule is CSCCN(CCBr)C1CCC1. The molecule has 1 saturated carbocycles. The molecule has 1 nitrogen and oxygen atoms in total. The van der Waals surface area contributed by atoms with Crippen molar-refractivity contribution in [2.45, 2.75) is 25.3 Å². The van der Waals surface area contributed by atoms with E-state index in [4.69, 9.17) is 0 Å². The second-order valence-corrected chi connectivity index (χ2v) is 5.08. The van der Waals surface area contributed by atoms with Crippen molar-refractivity contribution in [3.8, 4) is 0 Å². The highest BCUT2D eigenvalue weighted by atomic mass is 79.9. The van der Waals surface area contributed by atoms with Crippen LogP contribution < -0.4 is 0 Å². The van der Waals surface area contributed by atoms with Crippen molar-refractivity contribution in [2.75, 3.05) is 30.4 Å². The average Bonchev–Trinajstić information content (AvgIpc) is 1.97. The topological polar surface area (TPSA) is 3.24 Å². The Labute approximate surface area is 88.4 Å². The van der Waals surface area contributed by atoms with Gasteiger partial charge in [-0.2, -0.15) is 11.8 Å². The van der Waals surface area contributed by atoms with Gasteiger partial charge in [0, 0.05) is 30.2 Å². The molecule has 0 unspecified atom stereocenters. The second kappa shape index (κ2) is 6.28. The zero-order valence-corrected chi connectivity index (χ0v) is 10.2. The van der Waals surface area contributed by atoms with Gasteiger partial charge in [0.05, 0.1) is 0 Å². The minimum atomic E-state index is 0.912. The van der Waals surface area contributed by atoms with Crippen LogP contribution in [0.5, 0.6) is 0 Å². The third-order valence-electron chi connectivity index (χ3n) is 2.55. The summed E-state index contributed by atoms with van der Waals surface area (Å²) in [5.41, 5.74) is 0. The Hall–Kier alpha value is 0.790. The number of hydrogen-bond acceptors (Lipinski definition) is 2. The minimum Gasteiger partial charge on any atom is -0.299 e. The Balaban J connectivity index is 2.17. The molecule has 0 N–H and O–H groups in total. The van der Waals surface area contributed by atoms with Crippen molar-refractivity contribution in [3.63, 3.8) is 0 Å². The molecule has 0 atom stereocenters. The fourth-order valence-corrected chi connectivity index (χ4v) is 2.42. The molecule has 0 bridgehead atoms. The van der Waals surface area contributed by atoms with Crippen molar-refractivity contribution < 1.29 is 0 Å². The molecule has 3 heteroatoms. The van der Waals surface area contributed by atoms with Crippen LogP contribution in [0.1, 0.15) is 19.3 Å². The fourth-order valence-electron chi connectivity index (χ4n) is 1.55. The quantitative estimate of drug-likeness (QED) is 0.668. The molecule has 1 aliphatic rings. The zero-order valence-electron chi connectivity index (χ0n) is 7.76. The predicted molar refractivity (Wildman–Crippen MR) is 61.4 cm³/mol. The molecule has 0 aromatic rings. The van der Waals surface area contributed by atoms with Crippen molar-refractivity contribution in [3.05, 3.63) is 0 Å². The number of halogens is 1. The van der Waals surface area contributed by atoms with Gasteiger partial charge in [-0.3, -0.25) is 4.90 Å². The minimum absolute atomic E-state index is 0.912. The number of hydrogen-bond donors (Lipinski definition) is 0. The van der Waals surface area contributed by atoms with Crippen molar-refractivity contribution in [2.24, 2.45) is 0 Å². The van der Waals surface area contributed by atoms with Crippen LogP contribution >= 0.6 is 27.7 Å². The molecule has 1 fully saturated rings. The summed E-state index contributed by atoms with van der Waals surface area (Å²) in [4.78, 5) is 2.63. The van der Waals surface area contributed by atoms with Crippen molar-refractivity contribution >= 4 is 27.7 Å². The van der Waals surface area contributed by atoms with Crippen LogP contribution in [0.2, 0.25) is 0 Å². The average molecular weight is 252 g/mol. The van der Waals surface area contributed by atoms with E-state index < -0.39 is 0 Å². The normalized spacial score (nSPS) is 18.2. The maximum Gasteiger partial charge on any atom is 0.0159 e. The van der Waals surface area contributed by atoms with Gasteiger partial charge in [0.2, 0.25) is 0 Å². The summed E-state index contributed by atoms with van der Waals surface area (Å²) in [6, 6.07) is 0.912. The lowest BCUT2D eigenvalue weighted by atomic mass is 9.91. The smallest absolute Gasteiger partial charge is 0.0159 e. The van der Waals surface area contributed by atoms with Gasteiger partial charge in [-0.05, 0) is 19.1 Å². The van der Waals surface area contributed by atoms with Gasteiger partial charge in [-0.1, -0.05) is 22.4 Å². The molecule has 1 aliphatic carbocycles.